The van der Waals surface area contributed by atoms with Crippen molar-refractivity contribution in [3.05, 3.63) is 0 Å². The number of hydrogen-bond acceptors (Lipinski definition) is 3. The zero-order chi connectivity index (χ0) is 12.4. The molecule has 0 spiro atoms. The van der Waals surface area contributed by atoms with E-state index in [4.69, 9.17) is 0 Å². The lowest BCUT2D eigenvalue weighted by Gasteiger charge is -2.25. The fraction of sp³-hybridized carbons (Fsp3) is 1.00. The van der Waals surface area contributed by atoms with E-state index in [0.29, 0.717) is 12.6 Å². The van der Waals surface area contributed by atoms with Crippen LogP contribution in [0.3, 0.4) is 0 Å². The molecule has 16 heavy (non-hydrogen) atoms. The number of sulfone groups is 1. The molecule has 1 atom stereocenters. The summed E-state index contributed by atoms with van der Waals surface area (Å²) in [4.78, 5) is 2.29. The van der Waals surface area contributed by atoms with Crippen LogP contribution in [-0.4, -0.2) is 48.3 Å². The molecule has 0 N–H and O–H groups in total. The van der Waals surface area contributed by atoms with E-state index in [2.05, 4.69) is 20.8 Å². The van der Waals surface area contributed by atoms with Crippen molar-refractivity contribution in [2.24, 2.45) is 0 Å². The Morgan fingerprint density at radius 3 is 2.50 bits per heavy atom. The summed E-state index contributed by atoms with van der Waals surface area (Å²) in [5.41, 5.74) is 0. The molecular formula is C11H22BrNO2S. The van der Waals surface area contributed by atoms with Crippen LogP contribution in [0.1, 0.15) is 33.6 Å². The molecule has 0 aromatic heterocycles. The molecule has 0 radical (unpaired) electrons. The van der Waals surface area contributed by atoms with Gasteiger partial charge in [-0.15, -0.1) is 0 Å². The molecule has 1 saturated heterocycles. The molecule has 0 amide bonds. The zero-order valence-electron chi connectivity index (χ0n) is 10.4. The summed E-state index contributed by atoms with van der Waals surface area (Å²) in [5, 5.41) is 0.947. The van der Waals surface area contributed by atoms with E-state index < -0.39 is 14.6 Å². The molecule has 0 aromatic carbocycles. The summed E-state index contributed by atoms with van der Waals surface area (Å²) in [7, 11) is -2.97. The first-order valence-corrected chi connectivity index (χ1v) is 8.57. The lowest BCUT2D eigenvalue weighted by atomic mass is 10.2. The van der Waals surface area contributed by atoms with Crippen LogP contribution < -0.4 is 0 Å². The Hall–Kier alpha value is 0.390. The maximum absolute atomic E-state index is 12.0. The Morgan fingerprint density at radius 1 is 1.38 bits per heavy atom. The number of rotatable bonds is 4. The van der Waals surface area contributed by atoms with E-state index in [-0.39, 0.29) is 5.75 Å². The Kier molecular flexibility index (Phi) is 4.84. The summed E-state index contributed by atoms with van der Waals surface area (Å²) in [5.74, 6) is 0.278. The molecule has 0 bridgehead atoms. The average Bonchev–Trinajstić information content (AvgIpc) is 2.60. The number of likely N-dealkylation sites (tertiary alicyclic amines) is 1. The molecule has 0 saturated carbocycles. The lowest BCUT2D eigenvalue weighted by molar-refractivity contribution is 0.289. The van der Waals surface area contributed by atoms with Gasteiger partial charge in [-0.05, 0) is 40.2 Å². The molecule has 1 aliphatic heterocycles. The Labute approximate surface area is 108 Å². The van der Waals surface area contributed by atoms with Gasteiger partial charge in [-0.3, -0.25) is 4.90 Å². The number of hydrogen-bond donors (Lipinski definition) is 0. The van der Waals surface area contributed by atoms with Crippen molar-refractivity contribution in [3.63, 3.8) is 0 Å². The van der Waals surface area contributed by atoms with Gasteiger partial charge in [-0.2, -0.15) is 0 Å². The monoisotopic (exact) mass is 311 g/mol. The third kappa shape index (κ3) is 3.44. The molecule has 0 aliphatic carbocycles. The molecule has 1 unspecified atom stereocenters. The number of halogens is 1. The SMILES string of the molecule is CC(C)(C)S(=O)(=O)CCN1CCCC1CBr. The largest absolute Gasteiger partial charge is 0.299 e. The zero-order valence-corrected chi connectivity index (χ0v) is 12.8. The van der Waals surface area contributed by atoms with Crippen LogP contribution in [0.25, 0.3) is 0 Å². The summed E-state index contributed by atoms with van der Waals surface area (Å²) in [6.45, 7) is 7.03. The third-order valence-electron chi connectivity index (χ3n) is 3.26. The van der Waals surface area contributed by atoms with Crippen LogP contribution in [0.5, 0.6) is 0 Å². The molecule has 5 heteroatoms. The minimum atomic E-state index is -2.97. The highest BCUT2D eigenvalue weighted by molar-refractivity contribution is 9.09. The van der Waals surface area contributed by atoms with Crippen molar-refractivity contribution in [2.45, 2.75) is 44.4 Å². The first-order chi connectivity index (χ1) is 7.28. The summed E-state index contributed by atoms with van der Waals surface area (Å²) in [6, 6.07) is 0.523. The van der Waals surface area contributed by atoms with Gasteiger partial charge in [0.2, 0.25) is 0 Å². The standard InChI is InChI=1S/C11H22BrNO2S/c1-11(2,3)16(14,15)8-7-13-6-4-5-10(13)9-12/h10H,4-9H2,1-3H3. The van der Waals surface area contributed by atoms with E-state index in [1.807, 2.05) is 0 Å². The van der Waals surface area contributed by atoms with Gasteiger partial charge in [-0.25, -0.2) is 8.42 Å². The van der Waals surface area contributed by atoms with Crippen molar-refractivity contribution in [2.75, 3.05) is 24.2 Å². The van der Waals surface area contributed by atoms with Gasteiger partial charge in [-0.1, -0.05) is 15.9 Å². The van der Waals surface area contributed by atoms with Gasteiger partial charge < -0.3 is 0 Å². The van der Waals surface area contributed by atoms with Gasteiger partial charge in [0.15, 0.2) is 9.84 Å². The maximum Gasteiger partial charge on any atom is 0.156 e. The van der Waals surface area contributed by atoms with Crippen molar-refractivity contribution < 1.29 is 8.42 Å². The van der Waals surface area contributed by atoms with Gasteiger partial charge >= 0.3 is 0 Å². The van der Waals surface area contributed by atoms with E-state index in [0.717, 1.165) is 11.9 Å². The Bertz CT molecular complexity index is 321. The van der Waals surface area contributed by atoms with Crippen LogP contribution in [0.4, 0.5) is 0 Å². The highest BCUT2D eigenvalue weighted by Gasteiger charge is 2.31. The van der Waals surface area contributed by atoms with Crippen molar-refractivity contribution in [3.8, 4) is 0 Å². The van der Waals surface area contributed by atoms with Crippen LogP contribution in [0.15, 0.2) is 0 Å². The Morgan fingerprint density at radius 2 is 2.00 bits per heavy atom. The Balaban J connectivity index is 2.52. The molecular weight excluding hydrogens is 290 g/mol. The normalized spacial score (nSPS) is 23.9. The quantitative estimate of drug-likeness (QED) is 0.746. The van der Waals surface area contributed by atoms with Crippen LogP contribution in [0, 0.1) is 0 Å². The highest BCUT2D eigenvalue weighted by Crippen LogP contribution is 2.21. The molecule has 0 aromatic rings. The van der Waals surface area contributed by atoms with Gasteiger partial charge in [0, 0.05) is 17.9 Å². The minimum Gasteiger partial charge on any atom is -0.299 e. The first kappa shape index (κ1) is 14.5. The van der Waals surface area contributed by atoms with E-state index >= 15 is 0 Å². The van der Waals surface area contributed by atoms with Gasteiger partial charge in [0.1, 0.15) is 0 Å². The summed E-state index contributed by atoms with van der Waals surface area (Å²) >= 11 is 3.49. The molecule has 1 rings (SSSR count). The summed E-state index contributed by atoms with van der Waals surface area (Å²) < 4.78 is 23.3. The average molecular weight is 312 g/mol. The topological polar surface area (TPSA) is 37.4 Å². The predicted molar refractivity (Wildman–Crippen MR) is 71.9 cm³/mol. The smallest absolute Gasteiger partial charge is 0.156 e. The van der Waals surface area contributed by atoms with E-state index in [9.17, 15) is 8.42 Å². The van der Waals surface area contributed by atoms with Crippen molar-refractivity contribution in [1.29, 1.82) is 0 Å². The second kappa shape index (κ2) is 5.36. The third-order valence-corrected chi connectivity index (χ3v) is 6.59. The fourth-order valence-corrected chi connectivity index (χ4v) is 3.73. The predicted octanol–water partition coefficient (Wildman–Crippen LogP) is 2.06. The molecule has 3 nitrogen and oxygen atoms in total. The minimum absolute atomic E-state index is 0.278. The van der Waals surface area contributed by atoms with Crippen molar-refractivity contribution in [1.82, 2.24) is 4.90 Å². The van der Waals surface area contributed by atoms with Crippen LogP contribution >= 0.6 is 15.9 Å². The second-order valence-corrected chi connectivity index (χ2v) is 8.93. The maximum atomic E-state index is 12.0. The van der Waals surface area contributed by atoms with E-state index in [1.165, 1.54) is 12.8 Å². The number of alkyl halides is 1. The highest BCUT2D eigenvalue weighted by atomic mass is 79.9. The number of nitrogens with zero attached hydrogens (tertiary/aromatic N) is 1. The van der Waals surface area contributed by atoms with Gasteiger partial charge in [0.05, 0.1) is 10.5 Å². The van der Waals surface area contributed by atoms with Crippen LogP contribution in [-0.2, 0) is 9.84 Å². The molecule has 1 heterocycles. The van der Waals surface area contributed by atoms with Crippen molar-refractivity contribution >= 4 is 25.8 Å². The van der Waals surface area contributed by atoms with Crippen LogP contribution in [0.2, 0.25) is 0 Å². The van der Waals surface area contributed by atoms with Gasteiger partial charge in [0.25, 0.3) is 0 Å². The molecule has 1 fully saturated rings. The first-order valence-electron chi connectivity index (χ1n) is 5.80. The molecule has 96 valence electrons. The lowest BCUT2D eigenvalue weighted by Crippen LogP contribution is -2.39. The van der Waals surface area contributed by atoms with E-state index in [1.54, 1.807) is 20.8 Å². The second-order valence-electron chi connectivity index (χ2n) is 5.42. The molecule has 1 aliphatic rings. The summed E-state index contributed by atoms with van der Waals surface area (Å²) in [6.07, 6.45) is 2.37. The fourth-order valence-electron chi connectivity index (χ4n) is 1.91.